The van der Waals surface area contributed by atoms with Gasteiger partial charge in [-0.15, -0.1) is 11.3 Å². The molecular weight excluding hydrogens is 338 g/mol. The second-order valence-electron chi connectivity index (χ2n) is 7.43. The first-order valence-corrected chi connectivity index (χ1v) is 9.98. The number of carbonyl (C=O) groups excluding carboxylic acids is 2. The predicted molar refractivity (Wildman–Crippen MR) is 95.9 cm³/mol. The lowest BCUT2D eigenvalue weighted by Crippen LogP contribution is -2.56. The Bertz CT molecular complexity index is 668. The van der Waals surface area contributed by atoms with E-state index in [2.05, 4.69) is 10.6 Å². The van der Waals surface area contributed by atoms with Crippen LogP contribution in [0, 0.1) is 18.8 Å². The highest BCUT2D eigenvalue weighted by Crippen LogP contribution is 2.40. The third-order valence-corrected chi connectivity index (χ3v) is 7.05. The van der Waals surface area contributed by atoms with E-state index in [1.54, 1.807) is 0 Å². The summed E-state index contributed by atoms with van der Waals surface area (Å²) in [6, 6.07) is 2.00. The average Bonchev–Trinajstić information content (AvgIpc) is 3.21. The summed E-state index contributed by atoms with van der Waals surface area (Å²) in [7, 11) is 0. The maximum Gasteiger partial charge on any atom is 0.407 e. The molecule has 3 saturated heterocycles. The number of amides is 2. The van der Waals surface area contributed by atoms with Crippen molar-refractivity contribution < 1.29 is 14.3 Å². The molecule has 0 radical (unpaired) electrons. The second-order valence-corrected chi connectivity index (χ2v) is 8.35. The molecule has 1 spiro atoms. The Morgan fingerprint density at radius 2 is 2.20 bits per heavy atom. The van der Waals surface area contributed by atoms with Crippen LogP contribution in [0.1, 0.15) is 34.5 Å². The molecule has 1 aromatic rings. The molecule has 4 rings (SSSR count). The molecule has 0 aliphatic carbocycles. The molecule has 2 amide bonds. The van der Waals surface area contributed by atoms with Gasteiger partial charge in [-0.1, -0.05) is 0 Å². The second kappa shape index (κ2) is 6.61. The first kappa shape index (κ1) is 16.8. The summed E-state index contributed by atoms with van der Waals surface area (Å²) in [4.78, 5) is 27.2. The number of rotatable bonds is 2. The van der Waals surface area contributed by atoms with Gasteiger partial charge in [0.25, 0.3) is 5.91 Å². The van der Waals surface area contributed by atoms with Gasteiger partial charge in [0.05, 0.1) is 11.4 Å². The average molecular weight is 363 g/mol. The number of likely N-dealkylation sites (tertiary alicyclic amines) is 1. The Hall–Kier alpha value is -1.60. The lowest BCUT2D eigenvalue weighted by Gasteiger charge is -2.45. The molecule has 7 heteroatoms. The largest absolute Gasteiger partial charge is 0.441 e. The minimum atomic E-state index is -0.358. The lowest BCUT2D eigenvalue weighted by molar-refractivity contribution is -0.0478. The molecule has 0 aromatic carbocycles. The fraction of sp³-hybridized carbons (Fsp3) is 0.667. The quantitative estimate of drug-likeness (QED) is 0.843. The maximum atomic E-state index is 12.7. The van der Waals surface area contributed by atoms with E-state index < -0.39 is 0 Å². The summed E-state index contributed by atoms with van der Waals surface area (Å²) < 4.78 is 5.74. The molecule has 1 aromatic heterocycles. The van der Waals surface area contributed by atoms with Crippen molar-refractivity contribution in [2.45, 2.75) is 31.8 Å². The molecule has 25 heavy (non-hydrogen) atoms. The van der Waals surface area contributed by atoms with Crippen LogP contribution < -0.4 is 10.6 Å². The normalized spacial score (nSPS) is 30.4. The van der Waals surface area contributed by atoms with Gasteiger partial charge in [-0.3, -0.25) is 4.79 Å². The monoisotopic (exact) mass is 363 g/mol. The van der Waals surface area contributed by atoms with E-state index in [0.29, 0.717) is 18.4 Å². The van der Waals surface area contributed by atoms with E-state index in [0.717, 1.165) is 55.9 Å². The van der Waals surface area contributed by atoms with Crippen molar-refractivity contribution in [3.63, 3.8) is 0 Å². The first-order chi connectivity index (χ1) is 12.1. The number of piperidine rings is 2. The standard InChI is InChI=1S/C18H25N3O3S/c1-12-4-9-25-15(12)16(22)21-7-2-13(3-8-21)14-10-19-6-5-18(14)11-20-17(23)24-18/h4,9,13-14,19H,2-3,5-8,10-11H2,1H3,(H,20,23). The minimum Gasteiger partial charge on any atom is -0.441 e. The van der Waals surface area contributed by atoms with Gasteiger partial charge in [-0.2, -0.15) is 0 Å². The molecule has 3 fully saturated rings. The molecule has 6 nitrogen and oxygen atoms in total. The smallest absolute Gasteiger partial charge is 0.407 e. The molecule has 136 valence electrons. The zero-order valence-corrected chi connectivity index (χ0v) is 15.4. The number of alkyl carbamates (subject to hydrolysis) is 1. The highest BCUT2D eigenvalue weighted by atomic mass is 32.1. The number of nitrogens with one attached hydrogen (secondary N) is 2. The van der Waals surface area contributed by atoms with E-state index in [-0.39, 0.29) is 17.6 Å². The summed E-state index contributed by atoms with van der Waals surface area (Å²) >= 11 is 1.53. The van der Waals surface area contributed by atoms with E-state index >= 15 is 0 Å². The first-order valence-electron chi connectivity index (χ1n) is 9.10. The van der Waals surface area contributed by atoms with Crippen molar-refractivity contribution >= 4 is 23.3 Å². The van der Waals surface area contributed by atoms with Crippen molar-refractivity contribution in [1.29, 1.82) is 0 Å². The van der Waals surface area contributed by atoms with E-state index in [4.69, 9.17) is 4.74 Å². The third kappa shape index (κ3) is 3.04. The fourth-order valence-electron chi connectivity index (χ4n) is 4.59. The van der Waals surface area contributed by atoms with E-state index in [9.17, 15) is 9.59 Å². The van der Waals surface area contributed by atoms with Crippen LogP contribution in [-0.2, 0) is 4.74 Å². The highest BCUT2D eigenvalue weighted by Gasteiger charge is 2.51. The van der Waals surface area contributed by atoms with Crippen LogP contribution in [0.5, 0.6) is 0 Å². The van der Waals surface area contributed by atoms with Crippen LogP contribution in [0.4, 0.5) is 4.79 Å². The van der Waals surface area contributed by atoms with Gasteiger partial charge < -0.3 is 20.3 Å². The Morgan fingerprint density at radius 1 is 1.40 bits per heavy atom. The Morgan fingerprint density at radius 3 is 2.84 bits per heavy atom. The van der Waals surface area contributed by atoms with Crippen molar-refractivity contribution in [1.82, 2.24) is 15.5 Å². The number of nitrogens with zero attached hydrogens (tertiary/aromatic N) is 1. The van der Waals surface area contributed by atoms with Crippen molar-refractivity contribution in [3.05, 3.63) is 21.9 Å². The molecule has 3 aliphatic heterocycles. The highest BCUT2D eigenvalue weighted by molar-refractivity contribution is 7.12. The van der Waals surface area contributed by atoms with Gasteiger partial charge in [-0.25, -0.2) is 4.79 Å². The van der Waals surface area contributed by atoms with E-state index in [1.165, 1.54) is 11.3 Å². The van der Waals surface area contributed by atoms with Crippen LogP contribution in [0.25, 0.3) is 0 Å². The van der Waals surface area contributed by atoms with Crippen LogP contribution in [0.2, 0.25) is 0 Å². The van der Waals surface area contributed by atoms with Crippen molar-refractivity contribution in [2.24, 2.45) is 11.8 Å². The van der Waals surface area contributed by atoms with Crippen molar-refractivity contribution in [3.8, 4) is 0 Å². The number of hydrogen-bond donors (Lipinski definition) is 2. The van der Waals surface area contributed by atoms with Crippen LogP contribution in [-0.4, -0.2) is 55.2 Å². The topological polar surface area (TPSA) is 70.7 Å². The number of thiophene rings is 1. The maximum absolute atomic E-state index is 12.7. The van der Waals surface area contributed by atoms with Gasteiger partial charge >= 0.3 is 6.09 Å². The molecule has 0 saturated carbocycles. The Balaban J connectivity index is 1.42. The SMILES string of the molecule is Cc1ccsc1C(=O)N1CCC(C2CNCCC23CNC(=O)O3)CC1. The molecular formula is C18H25N3O3S. The summed E-state index contributed by atoms with van der Waals surface area (Å²) in [5.41, 5.74) is 0.709. The van der Waals surface area contributed by atoms with Crippen LogP contribution in [0.15, 0.2) is 11.4 Å². The third-order valence-electron chi connectivity index (χ3n) is 6.05. The predicted octanol–water partition coefficient (Wildman–Crippen LogP) is 2.00. The summed E-state index contributed by atoms with van der Waals surface area (Å²) in [5.74, 6) is 0.964. The zero-order valence-electron chi connectivity index (χ0n) is 14.5. The molecule has 2 atom stereocenters. The summed E-state index contributed by atoms with van der Waals surface area (Å²) in [6.45, 7) is 5.96. The summed E-state index contributed by atoms with van der Waals surface area (Å²) in [6.07, 6.45) is 2.53. The van der Waals surface area contributed by atoms with Gasteiger partial charge in [-0.05, 0) is 49.2 Å². The number of ether oxygens (including phenoxy) is 1. The van der Waals surface area contributed by atoms with Gasteiger partial charge in [0, 0.05) is 32.0 Å². The lowest BCUT2D eigenvalue weighted by atomic mass is 9.71. The van der Waals surface area contributed by atoms with Crippen LogP contribution >= 0.6 is 11.3 Å². The minimum absolute atomic E-state index is 0.163. The van der Waals surface area contributed by atoms with Gasteiger partial charge in [0.1, 0.15) is 5.60 Å². The Kier molecular flexibility index (Phi) is 4.45. The molecule has 3 aliphatic rings. The van der Waals surface area contributed by atoms with Gasteiger partial charge in [0.2, 0.25) is 0 Å². The van der Waals surface area contributed by atoms with Crippen molar-refractivity contribution in [2.75, 3.05) is 32.7 Å². The fourth-order valence-corrected chi connectivity index (χ4v) is 5.48. The molecule has 4 heterocycles. The number of aryl methyl sites for hydroxylation is 1. The molecule has 2 unspecified atom stereocenters. The van der Waals surface area contributed by atoms with Crippen LogP contribution in [0.3, 0.4) is 0 Å². The molecule has 0 bridgehead atoms. The Labute approximate surface area is 151 Å². The summed E-state index contributed by atoms with van der Waals surface area (Å²) in [5, 5.41) is 8.29. The number of hydrogen-bond acceptors (Lipinski definition) is 5. The number of carbonyl (C=O) groups is 2. The molecule has 2 N–H and O–H groups in total. The van der Waals surface area contributed by atoms with Gasteiger partial charge in [0.15, 0.2) is 0 Å². The zero-order chi connectivity index (χ0) is 17.4. The van der Waals surface area contributed by atoms with E-state index in [1.807, 2.05) is 23.3 Å².